The third-order valence-corrected chi connectivity index (χ3v) is 4.50. The SMILES string of the molecule is CN=C(NCc1ccc(C(=O)NC)cc1)N1CCC(CC(C)C)C1.I. The van der Waals surface area contributed by atoms with Gasteiger partial charge in [-0.3, -0.25) is 9.79 Å². The molecule has 6 heteroatoms. The Kier molecular flexibility index (Phi) is 9.24. The molecule has 2 rings (SSSR count). The number of halogens is 1. The molecule has 1 atom stereocenters. The molecule has 1 saturated heterocycles. The molecule has 25 heavy (non-hydrogen) atoms. The normalized spacial score (nSPS) is 17.4. The second-order valence-corrected chi connectivity index (χ2v) is 6.91. The van der Waals surface area contributed by atoms with Crippen LogP contribution in [0, 0.1) is 11.8 Å². The molecule has 0 saturated carbocycles. The Labute approximate surface area is 168 Å². The van der Waals surface area contributed by atoms with Gasteiger partial charge in [-0.1, -0.05) is 26.0 Å². The molecule has 1 aliphatic rings. The predicted molar refractivity (Wildman–Crippen MR) is 115 cm³/mol. The molecule has 1 aromatic carbocycles. The van der Waals surface area contributed by atoms with E-state index in [1.807, 2.05) is 31.3 Å². The van der Waals surface area contributed by atoms with E-state index in [4.69, 9.17) is 0 Å². The maximum atomic E-state index is 11.6. The third kappa shape index (κ3) is 6.49. The van der Waals surface area contributed by atoms with E-state index < -0.39 is 0 Å². The number of amides is 1. The van der Waals surface area contributed by atoms with Gasteiger partial charge in [-0.05, 0) is 42.4 Å². The van der Waals surface area contributed by atoms with Gasteiger partial charge in [0.2, 0.25) is 0 Å². The van der Waals surface area contributed by atoms with Crippen molar-refractivity contribution in [3.05, 3.63) is 35.4 Å². The number of rotatable bonds is 5. The van der Waals surface area contributed by atoms with Crippen molar-refractivity contribution < 1.29 is 4.79 Å². The fourth-order valence-electron chi connectivity index (χ4n) is 3.32. The summed E-state index contributed by atoms with van der Waals surface area (Å²) in [7, 11) is 3.48. The highest BCUT2D eigenvalue weighted by atomic mass is 127. The minimum atomic E-state index is -0.0569. The number of carbonyl (C=O) groups excluding carboxylic acids is 1. The summed E-state index contributed by atoms with van der Waals surface area (Å²) in [6.45, 7) is 7.46. The van der Waals surface area contributed by atoms with Gasteiger partial charge in [-0.2, -0.15) is 0 Å². The maximum Gasteiger partial charge on any atom is 0.251 e. The van der Waals surface area contributed by atoms with E-state index in [0.29, 0.717) is 12.1 Å². The topological polar surface area (TPSA) is 56.7 Å². The van der Waals surface area contributed by atoms with E-state index in [1.165, 1.54) is 12.8 Å². The van der Waals surface area contributed by atoms with Crippen LogP contribution in [0.4, 0.5) is 0 Å². The lowest BCUT2D eigenvalue weighted by Crippen LogP contribution is -2.39. The zero-order chi connectivity index (χ0) is 17.5. The molecule has 0 aromatic heterocycles. The van der Waals surface area contributed by atoms with Gasteiger partial charge in [-0.25, -0.2) is 0 Å². The Morgan fingerprint density at radius 3 is 2.56 bits per heavy atom. The molecule has 0 spiro atoms. The Morgan fingerprint density at radius 2 is 2.00 bits per heavy atom. The van der Waals surface area contributed by atoms with Crippen molar-refractivity contribution in [3.63, 3.8) is 0 Å². The number of hydrogen-bond donors (Lipinski definition) is 2. The highest BCUT2D eigenvalue weighted by molar-refractivity contribution is 14.0. The molecule has 1 amide bonds. The molecule has 0 aliphatic carbocycles. The van der Waals surface area contributed by atoms with Crippen LogP contribution in [0.15, 0.2) is 29.3 Å². The Hall–Kier alpha value is -1.31. The van der Waals surface area contributed by atoms with Gasteiger partial charge in [0.25, 0.3) is 5.91 Å². The molecule has 0 radical (unpaired) electrons. The average molecular weight is 458 g/mol. The summed E-state index contributed by atoms with van der Waals surface area (Å²) < 4.78 is 0. The number of likely N-dealkylation sites (tertiary alicyclic amines) is 1. The number of benzene rings is 1. The van der Waals surface area contributed by atoms with Crippen LogP contribution in [0.3, 0.4) is 0 Å². The third-order valence-electron chi connectivity index (χ3n) is 4.50. The Bertz CT molecular complexity index is 571. The first-order valence-electron chi connectivity index (χ1n) is 8.80. The van der Waals surface area contributed by atoms with Gasteiger partial charge in [0.1, 0.15) is 0 Å². The lowest BCUT2D eigenvalue weighted by molar-refractivity contribution is 0.0963. The van der Waals surface area contributed by atoms with E-state index in [0.717, 1.165) is 36.4 Å². The van der Waals surface area contributed by atoms with Crippen LogP contribution >= 0.6 is 24.0 Å². The lowest BCUT2D eigenvalue weighted by atomic mass is 9.97. The second kappa shape index (κ2) is 10.6. The zero-order valence-corrected chi connectivity index (χ0v) is 18.0. The van der Waals surface area contributed by atoms with Crippen molar-refractivity contribution in [1.29, 1.82) is 0 Å². The molecule has 1 unspecified atom stereocenters. The molecule has 1 fully saturated rings. The first-order chi connectivity index (χ1) is 11.5. The smallest absolute Gasteiger partial charge is 0.251 e. The fraction of sp³-hybridized carbons (Fsp3) is 0.579. The summed E-state index contributed by atoms with van der Waals surface area (Å²) in [5.41, 5.74) is 1.82. The molecule has 2 N–H and O–H groups in total. The zero-order valence-electron chi connectivity index (χ0n) is 15.7. The fourth-order valence-corrected chi connectivity index (χ4v) is 3.32. The highest BCUT2D eigenvalue weighted by Crippen LogP contribution is 2.23. The summed E-state index contributed by atoms with van der Waals surface area (Å²) in [5, 5.41) is 6.07. The van der Waals surface area contributed by atoms with E-state index in [2.05, 4.69) is 34.4 Å². The van der Waals surface area contributed by atoms with E-state index >= 15 is 0 Å². The van der Waals surface area contributed by atoms with E-state index in [-0.39, 0.29) is 29.9 Å². The summed E-state index contributed by atoms with van der Waals surface area (Å²) in [6, 6.07) is 7.67. The van der Waals surface area contributed by atoms with Crippen LogP contribution in [0.2, 0.25) is 0 Å². The monoisotopic (exact) mass is 458 g/mol. The molecule has 1 aliphatic heterocycles. The van der Waals surface area contributed by atoms with Gasteiger partial charge >= 0.3 is 0 Å². The van der Waals surface area contributed by atoms with Crippen LogP contribution < -0.4 is 10.6 Å². The number of nitrogens with one attached hydrogen (secondary N) is 2. The summed E-state index contributed by atoms with van der Waals surface area (Å²) in [6.07, 6.45) is 2.54. The Morgan fingerprint density at radius 1 is 1.32 bits per heavy atom. The second-order valence-electron chi connectivity index (χ2n) is 6.91. The van der Waals surface area contributed by atoms with Crippen molar-refractivity contribution in [2.75, 3.05) is 27.2 Å². The quantitative estimate of drug-likeness (QED) is 0.405. The maximum absolute atomic E-state index is 11.6. The molecule has 0 bridgehead atoms. The molecular weight excluding hydrogens is 427 g/mol. The van der Waals surface area contributed by atoms with Crippen LogP contribution in [-0.2, 0) is 6.54 Å². The van der Waals surface area contributed by atoms with Crippen molar-refractivity contribution in [1.82, 2.24) is 15.5 Å². The summed E-state index contributed by atoms with van der Waals surface area (Å²) in [5.74, 6) is 2.44. The van der Waals surface area contributed by atoms with Gasteiger partial charge in [0.15, 0.2) is 5.96 Å². The standard InChI is InChI=1S/C19H30N4O.HI/c1-14(2)11-16-9-10-23(13-16)19(21-4)22-12-15-5-7-17(8-6-15)18(24)20-3;/h5-8,14,16H,9-13H2,1-4H3,(H,20,24)(H,21,22);1H. The lowest BCUT2D eigenvalue weighted by Gasteiger charge is -2.22. The van der Waals surface area contributed by atoms with E-state index in [9.17, 15) is 4.79 Å². The van der Waals surface area contributed by atoms with E-state index in [1.54, 1.807) is 7.05 Å². The number of carbonyl (C=O) groups is 1. The van der Waals surface area contributed by atoms with Crippen LogP contribution in [0.25, 0.3) is 0 Å². The largest absolute Gasteiger partial charge is 0.355 e. The number of hydrogen-bond acceptors (Lipinski definition) is 2. The minimum Gasteiger partial charge on any atom is -0.355 e. The highest BCUT2D eigenvalue weighted by Gasteiger charge is 2.25. The van der Waals surface area contributed by atoms with Crippen molar-refractivity contribution in [2.24, 2.45) is 16.8 Å². The predicted octanol–water partition coefficient (Wildman–Crippen LogP) is 3.11. The first-order valence-corrected chi connectivity index (χ1v) is 8.80. The number of aliphatic imine (C=N–C) groups is 1. The van der Waals surface area contributed by atoms with Gasteiger partial charge in [0, 0.05) is 39.3 Å². The van der Waals surface area contributed by atoms with Crippen molar-refractivity contribution >= 4 is 35.8 Å². The van der Waals surface area contributed by atoms with Crippen molar-refractivity contribution in [2.45, 2.75) is 33.2 Å². The Balaban J connectivity index is 0.00000312. The first kappa shape index (κ1) is 21.7. The average Bonchev–Trinajstić information content (AvgIpc) is 3.03. The number of nitrogens with zero attached hydrogens (tertiary/aromatic N) is 2. The molecule has 140 valence electrons. The molecule has 1 heterocycles. The van der Waals surface area contributed by atoms with Gasteiger partial charge in [-0.15, -0.1) is 24.0 Å². The summed E-state index contributed by atoms with van der Waals surface area (Å²) >= 11 is 0. The molecule has 5 nitrogen and oxygen atoms in total. The van der Waals surface area contributed by atoms with Crippen LogP contribution in [-0.4, -0.2) is 44.0 Å². The van der Waals surface area contributed by atoms with Crippen LogP contribution in [0.1, 0.15) is 42.6 Å². The van der Waals surface area contributed by atoms with Crippen LogP contribution in [0.5, 0.6) is 0 Å². The summed E-state index contributed by atoms with van der Waals surface area (Å²) in [4.78, 5) is 18.3. The molecule has 1 aromatic rings. The number of guanidine groups is 1. The molecular formula is C19H31IN4O. The van der Waals surface area contributed by atoms with Gasteiger partial charge < -0.3 is 15.5 Å². The van der Waals surface area contributed by atoms with Gasteiger partial charge in [0.05, 0.1) is 0 Å². The van der Waals surface area contributed by atoms with Crippen molar-refractivity contribution in [3.8, 4) is 0 Å². The minimum absolute atomic E-state index is 0.